The van der Waals surface area contributed by atoms with Gasteiger partial charge in [-0.25, -0.2) is 0 Å². The normalized spacial score (nSPS) is 32.0. The van der Waals surface area contributed by atoms with Gasteiger partial charge >= 0.3 is 0 Å². The molecule has 0 aromatic heterocycles. The molecule has 2 unspecified atom stereocenters. The first kappa shape index (κ1) is 16.5. The lowest BCUT2D eigenvalue weighted by Crippen LogP contribution is -2.39. The van der Waals surface area contributed by atoms with Crippen LogP contribution >= 0.6 is 11.8 Å². The van der Waals surface area contributed by atoms with E-state index in [1.165, 1.54) is 11.8 Å². The van der Waals surface area contributed by atoms with E-state index < -0.39 is 17.0 Å². The van der Waals surface area contributed by atoms with Gasteiger partial charge in [-0.15, -0.1) is 11.8 Å². The molecule has 0 bridgehead atoms. The number of hydrogen-bond acceptors (Lipinski definition) is 5. The first-order valence-electron chi connectivity index (χ1n) is 8.56. The average Bonchev–Trinajstić information content (AvgIpc) is 3.12. The first-order chi connectivity index (χ1) is 12.0. The van der Waals surface area contributed by atoms with Crippen LogP contribution in [0.5, 0.6) is 0 Å². The van der Waals surface area contributed by atoms with Gasteiger partial charge in [-0.3, -0.25) is 9.79 Å². The molecule has 5 nitrogen and oxygen atoms in total. The second kappa shape index (κ2) is 6.08. The van der Waals surface area contributed by atoms with E-state index in [-0.39, 0.29) is 6.10 Å². The van der Waals surface area contributed by atoms with E-state index in [9.17, 15) is 9.90 Å². The molecule has 0 aromatic carbocycles. The molecule has 2 heterocycles. The maximum Gasteiger partial charge on any atom is 0.273 e. The van der Waals surface area contributed by atoms with Crippen LogP contribution in [0.4, 0.5) is 0 Å². The van der Waals surface area contributed by atoms with Crippen LogP contribution in [0.2, 0.25) is 0 Å². The number of primary amides is 1. The molecular weight excluding hydrogens is 336 g/mol. The maximum atomic E-state index is 11.6. The van der Waals surface area contributed by atoms with Gasteiger partial charge in [0.15, 0.2) is 5.04 Å². The number of carbonyl (C=O) groups is 1. The summed E-state index contributed by atoms with van der Waals surface area (Å²) in [5.41, 5.74) is 5.60. The van der Waals surface area contributed by atoms with Gasteiger partial charge in [0.2, 0.25) is 0 Å². The molecule has 0 radical (unpaired) electrons. The zero-order valence-corrected chi connectivity index (χ0v) is 14.6. The number of nitrogens with zero attached hydrogens (tertiary/aromatic N) is 1. The van der Waals surface area contributed by atoms with Crippen molar-refractivity contribution in [2.75, 3.05) is 5.75 Å². The molecule has 1 fully saturated rings. The molecule has 4 rings (SSSR count). The van der Waals surface area contributed by atoms with Gasteiger partial charge in [0.1, 0.15) is 17.2 Å². The number of rotatable bonds is 1. The predicted octanol–water partition coefficient (Wildman–Crippen LogP) is 1.83. The van der Waals surface area contributed by atoms with Crippen LogP contribution in [0.25, 0.3) is 0 Å². The third-order valence-electron chi connectivity index (χ3n) is 5.13. The second-order valence-corrected chi connectivity index (χ2v) is 7.95. The Kier molecular flexibility index (Phi) is 4.01. The van der Waals surface area contributed by atoms with Crippen molar-refractivity contribution in [1.82, 2.24) is 0 Å². The number of thioether (sulfide) groups is 1. The molecule has 4 aliphatic rings. The largest absolute Gasteiger partial charge is 0.494 e. The number of nitrogens with two attached hydrogens (primary N) is 1. The van der Waals surface area contributed by atoms with Crippen LogP contribution in [-0.2, 0) is 9.53 Å². The van der Waals surface area contributed by atoms with Crippen LogP contribution < -0.4 is 5.73 Å². The van der Waals surface area contributed by atoms with E-state index in [0.717, 1.165) is 49.0 Å². The van der Waals surface area contributed by atoms with Crippen LogP contribution in [0.1, 0.15) is 32.1 Å². The van der Waals surface area contributed by atoms with E-state index in [2.05, 4.69) is 16.8 Å². The molecule has 1 saturated carbocycles. The van der Waals surface area contributed by atoms with Crippen molar-refractivity contribution in [2.45, 2.75) is 49.3 Å². The summed E-state index contributed by atoms with van der Waals surface area (Å²) in [4.78, 5) is 16.3. The van der Waals surface area contributed by atoms with Gasteiger partial charge in [-0.05, 0) is 50.3 Å². The summed E-state index contributed by atoms with van der Waals surface area (Å²) in [7, 11) is 0. The van der Waals surface area contributed by atoms with Gasteiger partial charge < -0.3 is 15.6 Å². The maximum absolute atomic E-state index is 11.6. The highest BCUT2D eigenvalue weighted by molar-refractivity contribution is 8.15. The molecule has 0 saturated heterocycles. The fraction of sp³-hybridized carbons (Fsp3) is 0.474. The zero-order valence-electron chi connectivity index (χ0n) is 13.8. The lowest BCUT2D eigenvalue weighted by atomic mass is 9.80. The number of hydrogen-bond donors (Lipinski definition) is 2. The lowest BCUT2D eigenvalue weighted by molar-refractivity contribution is -0.111. The molecular formula is C19H20N2O3S. The number of allylic oxidation sites excluding steroid dienone is 2. The summed E-state index contributed by atoms with van der Waals surface area (Å²) < 4.78 is 5.82. The van der Waals surface area contributed by atoms with Crippen molar-refractivity contribution in [3.63, 3.8) is 0 Å². The minimum atomic E-state index is -0.858. The van der Waals surface area contributed by atoms with E-state index in [1.807, 2.05) is 18.2 Å². The zero-order chi connectivity index (χ0) is 17.5. The number of ether oxygens (including phenoxy) is 1. The predicted molar refractivity (Wildman–Crippen MR) is 97.8 cm³/mol. The van der Waals surface area contributed by atoms with Crippen LogP contribution in [0, 0.1) is 11.8 Å². The Hall–Kier alpha value is -1.97. The van der Waals surface area contributed by atoms with Crippen molar-refractivity contribution in [3.05, 3.63) is 35.6 Å². The molecule has 0 aromatic rings. The second-order valence-electron chi connectivity index (χ2n) is 6.86. The summed E-state index contributed by atoms with van der Waals surface area (Å²) >= 11 is 1.38. The summed E-state index contributed by atoms with van der Waals surface area (Å²) in [6.07, 6.45) is 11.7. The van der Waals surface area contributed by atoms with Crippen LogP contribution in [0.3, 0.4) is 0 Å². The summed E-state index contributed by atoms with van der Waals surface area (Å²) in [6, 6.07) is 0. The molecule has 1 spiro atoms. The first-order valence-corrected chi connectivity index (χ1v) is 9.54. The smallest absolute Gasteiger partial charge is 0.273 e. The van der Waals surface area contributed by atoms with Gasteiger partial charge in [-0.1, -0.05) is 11.8 Å². The number of amides is 1. The Morgan fingerprint density at radius 1 is 1.44 bits per heavy atom. The molecule has 2 atom stereocenters. The Morgan fingerprint density at radius 3 is 3.00 bits per heavy atom. The molecule has 1 amide bonds. The molecule has 2 aliphatic carbocycles. The van der Waals surface area contributed by atoms with E-state index in [0.29, 0.717) is 5.04 Å². The van der Waals surface area contributed by atoms with Crippen molar-refractivity contribution >= 4 is 22.7 Å². The summed E-state index contributed by atoms with van der Waals surface area (Å²) in [5.74, 6) is 6.35. The van der Waals surface area contributed by atoms with Gasteiger partial charge in [0.05, 0.1) is 6.26 Å². The lowest BCUT2D eigenvalue weighted by Gasteiger charge is -2.29. The van der Waals surface area contributed by atoms with Gasteiger partial charge in [0, 0.05) is 16.9 Å². The summed E-state index contributed by atoms with van der Waals surface area (Å²) in [5, 5.41) is 10.7. The van der Waals surface area contributed by atoms with E-state index in [4.69, 9.17) is 10.5 Å². The van der Waals surface area contributed by atoms with Crippen molar-refractivity contribution in [2.24, 2.45) is 10.7 Å². The topological polar surface area (TPSA) is 84.9 Å². The minimum Gasteiger partial charge on any atom is -0.494 e. The Labute approximate surface area is 151 Å². The van der Waals surface area contributed by atoms with E-state index in [1.54, 1.807) is 6.26 Å². The fourth-order valence-corrected chi connectivity index (χ4v) is 4.61. The van der Waals surface area contributed by atoms with Crippen molar-refractivity contribution in [1.29, 1.82) is 0 Å². The SMILES string of the molecule is NC(=O)C1=NC23C=CC(C#CC4(O)CCCC4)=CC2=COC3CCS1. The van der Waals surface area contributed by atoms with Gasteiger partial charge in [0.25, 0.3) is 5.91 Å². The Bertz CT molecular complexity index is 793. The fourth-order valence-electron chi connectivity index (χ4n) is 3.73. The van der Waals surface area contributed by atoms with Crippen LogP contribution in [-0.4, -0.2) is 39.1 Å². The molecule has 25 heavy (non-hydrogen) atoms. The highest BCUT2D eigenvalue weighted by atomic mass is 32.2. The number of aliphatic imine (C=N–C) groups is 1. The molecule has 130 valence electrons. The standard InChI is InChI=1S/C19H20N2O3S/c20-16(22)17-21-19-9-4-13(3-8-18(23)6-1-2-7-18)11-14(19)12-24-15(19)5-10-25-17/h4,9,11-12,15,23H,1-2,5-7,10H2,(H2,20,22). The van der Waals surface area contributed by atoms with Crippen molar-refractivity contribution < 1.29 is 14.6 Å². The van der Waals surface area contributed by atoms with E-state index >= 15 is 0 Å². The highest BCUT2D eigenvalue weighted by Gasteiger charge is 2.48. The molecule has 6 heteroatoms. The summed E-state index contributed by atoms with van der Waals surface area (Å²) in [6.45, 7) is 0. The number of carbonyl (C=O) groups excluding carboxylic acids is 1. The Morgan fingerprint density at radius 2 is 2.24 bits per heavy atom. The highest BCUT2D eigenvalue weighted by Crippen LogP contribution is 2.43. The third-order valence-corrected chi connectivity index (χ3v) is 6.13. The molecule has 3 N–H and O–H groups in total. The number of aliphatic hydroxyl groups is 1. The Balaban J connectivity index is 1.65. The minimum absolute atomic E-state index is 0.132. The van der Waals surface area contributed by atoms with Gasteiger partial charge in [-0.2, -0.15) is 0 Å². The molecule has 2 aliphatic heterocycles. The van der Waals surface area contributed by atoms with Crippen molar-refractivity contribution in [3.8, 4) is 11.8 Å². The quantitative estimate of drug-likeness (QED) is 0.702. The monoisotopic (exact) mass is 356 g/mol. The van der Waals surface area contributed by atoms with Crippen LogP contribution in [0.15, 0.2) is 40.6 Å². The third kappa shape index (κ3) is 2.92. The average molecular weight is 356 g/mol.